The fourth-order valence-corrected chi connectivity index (χ4v) is 4.44. The summed E-state index contributed by atoms with van der Waals surface area (Å²) >= 11 is 0. The van der Waals surface area contributed by atoms with Gasteiger partial charge in [0.15, 0.2) is 0 Å². The van der Waals surface area contributed by atoms with Crippen molar-refractivity contribution in [2.45, 2.75) is 52.0 Å². The summed E-state index contributed by atoms with van der Waals surface area (Å²) in [7, 11) is 0. The molecule has 156 valence electrons. The first kappa shape index (κ1) is 20.1. The van der Waals surface area contributed by atoms with Gasteiger partial charge in [0.25, 0.3) is 5.91 Å². The number of nitrogens with one attached hydrogen (secondary N) is 2. The second-order valence-electron chi connectivity index (χ2n) is 8.29. The average molecular weight is 405 g/mol. The first-order valence-electron chi connectivity index (χ1n) is 10.5. The smallest absolute Gasteiger partial charge is 0.324 e. The van der Waals surface area contributed by atoms with Crippen LogP contribution in [0, 0.1) is 6.92 Å². The highest BCUT2D eigenvalue weighted by Crippen LogP contribution is 2.32. The van der Waals surface area contributed by atoms with Gasteiger partial charge in [0.2, 0.25) is 5.91 Å². The summed E-state index contributed by atoms with van der Waals surface area (Å²) in [5, 5.41) is 5.68. The lowest BCUT2D eigenvalue weighted by Crippen LogP contribution is -2.42. The van der Waals surface area contributed by atoms with Crippen LogP contribution < -0.4 is 10.6 Å². The van der Waals surface area contributed by atoms with Crippen LogP contribution >= 0.6 is 0 Å². The molecule has 4 amide bonds. The molecule has 1 unspecified atom stereocenters. The Hall–Kier alpha value is -3.15. The van der Waals surface area contributed by atoms with Gasteiger partial charge in [0, 0.05) is 5.69 Å². The first-order valence-corrected chi connectivity index (χ1v) is 10.5. The predicted molar refractivity (Wildman–Crippen MR) is 115 cm³/mol. The lowest BCUT2D eigenvalue weighted by molar-refractivity contribution is -0.133. The van der Waals surface area contributed by atoms with Crippen LogP contribution in [0.15, 0.2) is 36.4 Å². The molecular formula is C24H27N3O3. The van der Waals surface area contributed by atoms with E-state index in [-0.39, 0.29) is 12.5 Å². The van der Waals surface area contributed by atoms with Crippen molar-refractivity contribution in [1.29, 1.82) is 0 Å². The van der Waals surface area contributed by atoms with Crippen LogP contribution in [0.5, 0.6) is 0 Å². The number of imide groups is 1. The number of benzene rings is 2. The molecule has 6 nitrogen and oxygen atoms in total. The van der Waals surface area contributed by atoms with E-state index in [0.29, 0.717) is 0 Å². The standard InChI is InChI=1S/C24H27N3O3/c1-4-16-8-5-7-15(2)21(16)25-20(28)14-27-22(29)24(3,26-23(27)30)19-12-11-17-9-6-10-18(17)13-19/h5,7-8,11-13H,4,6,9-10,14H2,1-3H3,(H,25,28)(H,26,30). The maximum Gasteiger partial charge on any atom is 0.325 e. The third-order valence-corrected chi connectivity index (χ3v) is 6.26. The van der Waals surface area contributed by atoms with Crippen LogP contribution in [0.3, 0.4) is 0 Å². The lowest BCUT2D eigenvalue weighted by Gasteiger charge is -2.23. The van der Waals surface area contributed by atoms with Crippen LogP contribution in [0.4, 0.5) is 10.5 Å². The summed E-state index contributed by atoms with van der Waals surface area (Å²) in [4.78, 5) is 39.5. The number of amides is 4. The Balaban J connectivity index is 1.53. The highest BCUT2D eigenvalue weighted by Gasteiger charge is 2.49. The number of fused-ring (bicyclic) bond motifs is 1. The fraction of sp³-hybridized carbons (Fsp3) is 0.375. The number of carbonyl (C=O) groups is 3. The summed E-state index contributed by atoms with van der Waals surface area (Å²) in [6.07, 6.45) is 3.93. The van der Waals surface area contributed by atoms with E-state index in [4.69, 9.17) is 0 Å². The Morgan fingerprint density at radius 3 is 2.70 bits per heavy atom. The zero-order valence-corrected chi connectivity index (χ0v) is 17.7. The van der Waals surface area contributed by atoms with E-state index in [9.17, 15) is 14.4 Å². The van der Waals surface area contributed by atoms with Crippen LogP contribution in [0.1, 0.15) is 48.1 Å². The van der Waals surface area contributed by atoms with Crippen LogP contribution in [-0.2, 0) is 34.4 Å². The van der Waals surface area contributed by atoms with Crippen molar-refractivity contribution < 1.29 is 14.4 Å². The molecule has 0 bridgehead atoms. The number of urea groups is 1. The lowest BCUT2D eigenvalue weighted by atomic mass is 9.89. The van der Waals surface area contributed by atoms with Gasteiger partial charge in [-0.25, -0.2) is 4.79 Å². The van der Waals surface area contributed by atoms with Gasteiger partial charge < -0.3 is 10.6 Å². The monoisotopic (exact) mass is 405 g/mol. The van der Waals surface area contributed by atoms with Gasteiger partial charge in [0.05, 0.1) is 0 Å². The molecule has 0 radical (unpaired) electrons. The molecule has 0 spiro atoms. The molecule has 1 fully saturated rings. The first-order chi connectivity index (χ1) is 14.3. The fourth-order valence-electron chi connectivity index (χ4n) is 4.44. The van der Waals surface area contributed by atoms with E-state index in [2.05, 4.69) is 10.6 Å². The molecule has 1 saturated heterocycles. The topological polar surface area (TPSA) is 78.5 Å². The van der Waals surface area contributed by atoms with Crippen LogP contribution in [0.25, 0.3) is 0 Å². The normalized spacial score (nSPS) is 20.3. The van der Waals surface area contributed by atoms with Gasteiger partial charge in [-0.1, -0.05) is 43.3 Å². The highest BCUT2D eigenvalue weighted by molar-refractivity contribution is 6.10. The molecule has 1 aliphatic heterocycles. The number of anilines is 1. The minimum absolute atomic E-state index is 0.317. The van der Waals surface area contributed by atoms with Crippen molar-refractivity contribution in [3.63, 3.8) is 0 Å². The molecule has 1 heterocycles. The zero-order valence-electron chi connectivity index (χ0n) is 17.7. The Morgan fingerprint density at radius 2 is 1.93 bits per heavy atom. The van der Waals surface area contributed by atoms with Gasteiger partial charge in [0.1, 0.15) is 12.1 Å². The third-order valence-electron chi connectivity index (χ3n) is 6.26. The molecule has 1 aliphatic carbocycles. The number of para-hydroxylation sites is 1. The van der Waals surface area contributed by atoms with E-state index in [1.165, 1.54) is 11.1 Å². The van der Waals surface area contributed by atoms with Gasteiger partial charge >= 0.3 is 6.03 Å². The average Bonchev–Trinajstić information content (AvgIpc) is 3.28. The summed E-state index contributed by atoms with van der Waals surface area (Å²) in [6.45, 7) is 5.33. The quantitative estimate of drug-likeness (QED) is 0.748. The SMILES string of the molecule is CCc1cccc(C)c1NC(=O)CN1C(=O)NC(C)(c2ccc3c(c2)CCC3)C1=O. The van der Waals surface area contributed by atoms with Crippen molar-refractivity contribution in [2.75, 3.05) is 11.9 Å². The minimum Gasteiger partial charge on any atom is -0.324 e. The molecule has 30 heavy (non-hydrogen) atoms. The van der Waals surface area contributed by atoms with Gasteiger partial charge in [-0.15, -0.1) is 0 Å². The van der Waals surface area contributed by atoms with E-state index >= 15 is 0 Å². The summed E-state index contributed by atoms with van der Waals surface area (Å²) in [5.74, 6) is -0.790. The van der Waals surface area contributed by atoms with Crippen molar-refractivity contribution in [2.24, 2.45) is 0 Å². The second-order valence-corrected chi connectivity index (χ2v) is 8.29. The van der Waals surface area contributed by atoms with E-state index in [0.717, 1.165) is 53.0 Å². The number of hydrogen-bond donors (Lipinski definition) is 2. The third kappa shape index (κ3) is 3.36. The van der Waals surface area contributed by atoms with Crippen molar-refractivity contribution >= 4 is 23.5 Å². The highest BCUT2D eigenvalue weighted by atomic mass is 16.2. The Labute approximate surface area is 176 Å². The molecule has 6 heteroatoms. The number of nitrogens with zero attached hydrogens (tertiary/aromatic N) is 1. The number of aryl methyl sites for hydroxylation is 4. The van der Waals surface area contributed by atoms with E-state index in [1.54, 1.807) is 6.92 Å². The van der Waals surface area contributed by atoms with Gasteiger partial charge in [-0.2, -0.15) is 0 Å². The molecular weight excluding hydrogens is 378 g/mol. The molecule has 4 rings (SSSR count). The Morgan fingerprint density at radius 1 is 1.17 bits per heavy atom. The van der Waals surface area contributed by atoms with Crippen LogP contribution in [0.2, 0.25) is 0 Å². The predicted octanol–water partition coefficient (Wildman–Crippen LogP) is 3.45. The van der Waals surface area contributed by atoms with Crippen molar-refractivity contribution in [3.05, 3.63) is 64.2 Å². The summed E-state index contributed by atoms with van der Waals surface area (Å²) < 4.78 is 0. The Bertz CT molecular complexity index is 1050. The molecule has 0 saturated carbocycles. The van der Waals surface area contributed by atoms with Gasteiger partial charge in [-0.3, -0.25) is 14.5 Å². The maximum atomic E-state index is 13.2. The molecule has 2 aromatic carbocycles. The summed E-state index contributed by atoms with van der Waals surface area (Å²) in [6, 6.07) is 11.3. The molecule has 0 aromatic heterocycles. The maximum absolute atomic E-state index is 13.2. The molecule has 2 N–H and O–H groups in total. The minimum atomic E-state index is -1.16. The van der Waals surface area contributed by atoms with E-state index in [1.807, 2.05) is 50.2 Å². The largest absolute Gasteiger partial charge is 0.325 e. The van der Waals surface area contributed by atoms with Crippen LogP contribution in [-0.4, -0.2) is 29.3 Å². The number of hydrogen-bond acceptors (Lipinski definition) is 3. The van der Waals surface area contributed by atoms with Crippen molar-refractivity contribution in [3.8, 4) is 0 Å². The number of rotatable bonds is 5. The zero-order chi connectivity index (χ0) is 21.5. The summed E-state index contributed by atoms with van der Waals surface area (Å²) in [5.41, 5.74) is 4.85. The van der Waals surface area contributed by atoms with Gasteiger partial charge in [-0.05, 0) is 67.3 Å². The Kier molecular flexibility index (Phi) is 5.10. The second kappa shape index (κ2) is 7.59. The number of carbonyl (C=O) groups excluding carboxylic acids is 3. The van der Waals surface area contributed by atoms with E-state index < -0.39 is 17.5 Å². The molecule has 1 atom stereocenters. The molecule has 2 aliphatic rings. The van der Waals surface area contributed by atoms with Crippen molar-refractivity contribution in [1.82, 2.24) is 10.2 Å². The molecule has 2 aromatic rings.